The average molecular weight is 262 g/mol. The SMILES string of the molecule is CCc1ncc(NCCCN)c(C2CCCCC2)n1. The van der Waals surface area contributed by atoms with Gasteiger partial charge in [-0.1, -0.05) is 26.2 Å². The molecule has 0 bridgehead atoms. The molecule has 1 saturated carbocycles. The molecule has 0 aromatic carbocycles. The second kappa shape index (κ2) is 7.43. The quantitative estimate of drug-likeness (QED) is 0.774. The highest BCUT2D eigenvalue weighted by atomic mass is 15.0. The number of anilines is 1. The largest absolute Gasteiger partial charge is 0.382 e. The lowest BCUT2D eigenvalue weighted by atomic mass is 9.86. The first-order valence-electron chi connectivity index (χ1n) is 7.65. The number of aryl methyl sites for hydroxylation is 1. The summed E-state index contributed by atoms with van der Waals surface area (Å²) in [4.78, 5) is 9.22. The Kier molecular flexibility index (Phi) is 5.58. The van der Waals surface area contributed by atoms with Crippen molar-refractivity contribution in [2.24, 2.45) is 5.73 Å². The minimum absolute atomic E-state index is 0.613. The number of nitrogens with one attached hydrogen (secondary N) is 1. The van der Waals surface area contributed by atoms with Gasteiger partial charge >= 0.3 is 0 Å². The van der Waals surface area contributed by atoms with Crippen LogP contribution in [0.5, 0.6) is 0 Å². The van der Waals surface area contributed by atoms with E-state index in [9.17, 15) is 0 Å². The van der Waals surface area contributed by atoms with Gasteiger partial charge in [0.1, 0.15) is 5.82 Å². The maximum atomic E-state index is 5.55. The number of nitrogens with two attached hydrogens (primary N) is 1. The molecule has 106 valence electrons. The zero-order valence-electron chi connectivity index (χ0n) is 12.0. The summed E-state index contributed by atoms with van der Waals surface area (Å²) in [6.45, 7) is 3.74. The molecular formula is C15H26N4. The highest BCUT2D eigenvalue weighted by Gasteiger charge is 2.20. The highest BCUT2D eigenvalue weighted by molar-refractivity contribution is 5.47. The third kappa shape index (κ3) is 3.90. The van der Waals surface area contributed by atoms with Crippen molar-refractivity contribution in [1.82, 2.24) is 9.97 Å². The summed E-state index contributed by atoms with van der Waals surface area (Å²) in [5, 5.41) is 3.46. The van der Waals surface area contributed by atoms with E-state index in [1.54, 1.807) is 0 Å². The summed E-state index contributed by atoms with van der Waals surface area (Å²) in [5.41, 5.74) is 7.91. The number of hydrogen-bond donors (Lipinski definition) is 2. The van der Waals surface area contributed by atoms with Crippen LogP contribution in [0, 0.1) is 0 Å². The maximum absolute atomic E-state index is 5.55. The lowest BCUT2D eigenvalue weighted by Crippen LogP contribution is -2.15. The molecule has 0 saturated heterocycles. The van der Waals surface area contributed by atoms with Gasteiger partial charge < -0.3 is 11.1 Å². The fourth-order valence-corrected chi connectivity index (χ4v) is 2.75. The molecule has 2 rings (SSSR count). The van der Waals surface area contributed by atoms with E-state index in [1.165, 1.54) is 37.8 Å². The molecule has 1 aromatic heterocycles. The molecule has 1 heterocycles. The van der Waals surface area contributed by atoms with Crippen molar-refractivity contribution in [3.63, 3.8) is 0 Å². The number of aromatic nitrogens is 2. The van der Waals surface area contributed by atoms with E-state index < -0.39 is 0 Å². The van der Waals surface area contributed by atoms with Crippen LogP contribution in [0.1, 0.15) is 62.9 Å². The molecular weight excluding hydrogens is 236 g/mol. The van der Waals surface area contributed by atoms with Gasteiger partial charge in [-0.15, -0.1) is 0 Å². The van der Waals surface area contributed by atoms with E-state index in [0.717, 1.165) is 37.4 Å². The van der Waals surface area contributed by atoms with Crippen molar-refractivity contribution in [3.05, 3.63) is 17.7 Å². The molecule has 0 amide bonds. The Labute approximate surface area is 116 Å². The molecule has 1 aliphatic carbocycles. The van der Waals surface area contributed by atoms with Gasteiger partial charge in [-0.2, -0.15) is 0 Å². The van der Waals surface area contributed by atoms with Gasteiger partial charge in [0.15, 0.2) is 0 Å². The number of rotatable bonds is 6. The molecule has 0 atom stereocenters. The summed E-state index contributed by atoms with van der Waals surface area (Å²) in [7, 11) is 0. The van der Waals surface area contributed by atoms with E-state index in [-0.39, 0.29) is 0 Å². The Hall–Kier alpha value is -1.16. The summed E-state index contributed by atoms with van der Waals surface area (Å²) in [6, 6.07) is 0. The standard InChI is InChI=1S/C15H26N4/c1-2-14-18-11-13(17-10-6-9-16)15(19-14)12-7-4-3-5-8-12/h11-12,17H,2-10,16H2,1H3. The first-order chi connectivity index (χ1) is 9.35. The first kappa shape index (κ1) is 14.3. The summed E-state index contributed by atoms with van der Waals surface area (Å²) in [6.07, 6.45) is 10.4. The summed E-state index contributed by atoms with van der Waals surface area (Å²) >= 11 is 0. The molecule has 1 aliphatic rings. The van der Waals surface area contributed by atoms with Crippen LogP contribution in [-0.4, -0.2) is 23.1 Å². The van der Waals surface area contributed by atoms with Crippen molar-refractivity contribution < 1.29 is 0 Å². The molecule has 4 heteroatoms. The molecule has 19 heavy (non-hydrogen) atoms. The van der Waals surface area contributed by atoms with Crippen molar-refractivity contribution in [1.29, 1.82) is 0 Å². The van der Waals surface area contributed by atoms with E-state index in [1.807, 2.05) is 6.20 Å². The van der Waals surface area contributed by atoms with E-state index in [2.05, 4.69) is 17.2 Å². The van der Waals surface area contributed by atoms with Crippen LogP contribution in [0.4, 0.5) is 5.69 Å². The van der Waals surface area contributed by atoms with Gasteiger partial charge in [0, 0.05) is 18.9 Å². The molecule has 4 nitrogen and oxygen atoms in total. The smallest absolute Gasteiger partial charge is 0.128 e. The Morgan fingerprint density at radius 2 is 2.11 bits per heavy atom. The molecule has 3 N–H and O–H groups in total. The molecule has 1 fully saturated rings. The Balaban J connectivity index is 2.15. The summed E-state index contributed by atoms with van der Waals surface area (Å²) < 4.78 is 0. The van der Waals surface area contributed by atoms with Crippen LogP contribution >= 0.6 is 0 Å². The van der Waals surface area contributed by atoms with Crippen LogP contribution < -0.4 is 11.1 Å². The molecule has 0 radical (unpaired) electrons. The van der Waals surface area contributed by atoms with E-state index in [4.69, 9.17) is 10.7 Å². The zero-order valence-corrected chi connectivity index (χ0v) is 12.0. The van der Waals surface area contributed by atoms with Crippen molar-refractivity contribution in [2.45, 2.75) is 57.8 Å². The fraction of sp³-hybridized carbons (Fsp3) is 0.733. The van der Waals surface area contributed by atoms with Gasteiger partial charge in [-0.05, 0) is 25.8 Å². The second-order valence-corrected chi connectivity index (χ2v) is 5.34. The van der Waals surface area contributed by atoms with Crippen LogP contribution in [0.2, 0.25) is 0 Å². The Morgan fingerprint density at radius 1 is 1.32 bits per heavy atom. The molecule has 0 spiro atoms. The van der Waals surface area contributed by atoms with Crippen molar-refractivity contribution in [3.8, 4) is 0 Å². The lowest BCUT2D eigenvalue weighted by Gasteiger charge is -2.24. The predicted molar refractivity (Wildman–Crippen MR) is 79.4 cm³/mol. The van der Waals surface area contributed by atoms with Crippen LogP contribution in [0.15, 0.2) is 6.20 Å². The predicted octanol–water partition coefficient (Wildman–Crippen LogP) is 2.85. The van der Waals surface area contributed by atoms with E-state index >= 15 is 0 Å². The topological polar surface area (TPSA) is 63.8 Å². The Bertz CT molecular complexity index is 386. The second-order valence-electron chi connectivity index (χ2n) is 5.34. The first-order valence-corrected chi connectivity index (χ1v) is 7.65. The zero-order chi connectivity index (χ0) is 13.5. The van der Waals surface area contributed by atoms with Crippen LogP contribution in [0.25, 0.3) is 0 Å². The third-order valence-corrected chi connectivity index (χ3v) is 3.87. The maximum Gasteiger partial charge on any atom is 0.128 e. The van der Waals surface area contributed by atoms with Gasteiger partial charge in [0.05, 0.1) is 17.6 Å². The highest BCUT2D eigenvalue weighted by Crippen LogP contribution is 2.35. The van der Waals surface area contributed by atoms with Gasteiger partial charge in [0.25, 0.3) is 0 Å². The van der Waals surface area contributed by atoms with Crippen molar-refractivity contribution >= 4 is 5.69 Å². The minimum Gasteiger partial charge on any atom is -0.382 e. The van der Waals surface area contributed by atoms with Gasteiger partial charge in [-0.3, -0.25) is 0 Å². The van der Waals surface area contributed by atoms with Crippen molar-refractivity contribution in [2.75, 3.05) is 18.4 Å². The minimum atomic E-state index is 0.613. The van der Waals surface area contributed by atoms with E-state index in [0.29, 0.717) is 5.92 Å². The normalized spacial score (nSPS) is 16.5. The monoisotopic (exact) mass is 262 g/mol. The molecule has 0 unspecified atom stereocenters. The average Bonchev–Trinajstić information content (AvgIpc) is 2.48. The summed E-state index contributed by atoms with van der Waals surface area (Å²) in [5.74, 6) is 1.58. The molecule has 1 aromatic rings. The Morgan fingerprint density at radius 3 is 2.79 bits per heavy atom. The van der Waals surface area contributed by atoms with Gasteiger partial charge in [0.2, 0.25) is 0 Å². The lowest BCUT2D eigenvalue weighted by molar-refractivity contribution is 0.436. The fourth-order valence-electron chi connectivity index (χ4n) is 2.75. The number of nitrogens with zero attached hydrogens (tertiary/aromatic N) is 2. The third-order valence-electron chi connectivity index (χ3n) is 3.87. The van der Waals surface area contributed by atoms with Crippen LogP contribution in [0.3, 0.4) is 0 Å². The number of hydrogen-bond acceptors (Lipinski definition) is 4. The molecule has 0 aliphatic heterocycles. The van der Waals surface area contributed by atoms with Gasteiger partial charge in [-0.25, -0.2) is 9.97 Å². The van der Waals surface area contributed by atoms with Crippen LogP contribution in [-0.2, 0) is 6.42 Å².